The number of hydrogen-bond acceptors (Lipinski definition) is 4. The highest BCUT2D eigenvalue weighted by Gasteiger charge is 2.41. The summed E-state index contributed by atoms with van der Waals surface area (Å²) in [5.41, 5.74) is 2.08. The summed E-state index contributed by atoms with van der Waals surface area (Å²) in [7, 11) is 1.67. The molecular weight excluding hydrogens is 402 g/mol. The average molecular weight is 430 g/mol. The van der Waals surface area contributed by atoms with Gasteiger partial charge < -0.3 is 9.80 Å². The van der Waals surface area contributed by atoms with E-state index in [0.717, 1.165) is 57.0 Å². The van der Waals surface area contributed by atoms with E-state index >= 15 is 0 Å². The Kier molecular flexibility index (Phi) is 5.84. The number of likely N-dealkylation sites (tertiary alicyclic amines) is 2. The topological polar surface area (TPSA) is 61.7 Å². The maximum absolute atomic E-state index is 12.8. The number of piperidine rings is 1. The molecule has 8 heteroatoms. The lowest BCUT2D eigenvalue weighted by Gasteiger charge is -2.39. The van der Waals surface area contributed by atoms with Crippen molar-refractivity contribution >= 4 is 29.2 Å². The molecule has 2 amide bonds. The summed E-state index contributed by atoms with van der Waals surface area (Å²) < 4.78 is 1.34. The van der Waals surface area contributed by atoms with Crippen molar-refractivity contribution in [2.45, 2.75) is 32.7 Å². The first-order valence-electron chi connectivity index (χ1n) is 10.4. The Morgan fingerprint density at radius 3 is 2.57 bits per heavy atom. The summed E-state index contributed by atoms with van der Waals surface area (Å²) >= 11 is 6.33. The van der Waals surface area contributed by atoms with Gasteiger partial charge in [0, 0.05) is 45.2 Å². The van der Waals surface area contributed by atoms with Crippen LogP contribution in [0.5, 0.6) is 0 Å². The molecule has 0 unspecified atom stereocenters. The van der Waals surface area contributed by atoms with Gasteiger partial charge in [-0.25, -0.2) is 4.79 Å². The molecule has 0 N–H and O–H groups in total. The molecule has 0 bridgehead atoms. The number of benzene rings is 1. The third-order valence-corrected chi connectivity index (χ3v) is 6.96. The van der Waals surface area contributed by atoms with Gasteiger partial charge in [-0.05, 0) is 42.9 Å². The fourth-order valence-corrected chi connectivity index (χ4v) is 4.72. The number of carbonyl (C=O) groups excluding carboxylic acids is 2. The van der Waals surface area contributed by atoms with Gasteiger partial charge in [0.2, 0.25) is 5.91 Å². The zero-order valence-corrected chi connectivity index (χ0v) is 18.3. The molecule has 1 aromatic carbocycles. The van der Waals surface area contributed by atoms with Gasteiger partial charge in [0.05, 0.1) is 18.1 Å². The monoisotopic (exact) mass is 429 g/mol. The van der Waals surface area contributed by atoms with Crippen molar-refractivity contribution in [3.63, 3.8) is 0 Å². The summed E-state index contributed by atoms with van der Waals surface area (Å²) in [5, 5.41) is 4.99. The Morgan fingerprint density at radius 2 is 1.87 bits per heavy atom. The van der Waals surface area contributed by atoms with Crippen LogP contribution in [-0.2, 0) is 11.3 Å². The maximum atomic E-state index is 12.8. The van der Waals surface area contributed by atoms with Crippen LogP contribution in [0.1, 0.15) is 31.7 Å². The summed E-state index contributed by atoms with van der Waals surface area (Å²) in [5.74, 6) is -0.0931. The SMILES string of the molecule is CC(=O)N(C)c1cnn(C(=O)N2CCC3(CCN(Cc4ccccc4Cl)C3)CC2)c1. The van der Waals surface area contributed by atoms with Crippen molar-refractivity contribution < 1.29 is 9.59 Å². The Balaban J connectivity index is 1.33. The maximum Gasteiger partial charge on any atom is 0.344 e. The summed E-state index contributed by atoms with van der Waals surface area (Å²) in [6, 6.07) is 7.91. The van der Waals surface area contributed by atoms with Crippen LogP contribution >= 0.6 is 11.6 Å². The van der Waals surface area contributed by atoms with Crippen LogP contribution in [0.25, 0.3) is 0 Å². The predicted octanol–water partition coefficient (Wildman–Crippen LogP) is 3.48. The van der Waals surface area contributed by atoms with Gasteiger partial charge >= 0.3 is 6.03 Å². The molecule has 7 nitrogen and oxygen atoms in total. The number of nitrogens with zero attached hydrogens (tertiary/aromatic N) is 5. The number of carbonyl (C=O) groups is 2. The molecule has 2 aliphatic rings. The number of halogens is 1. The zero-order chi connectivity index (χ0) is 21.3. The number of hydrogen-bond donors (Lipinski definition) is 0. The average Bonchev–Trinajstić information content (AvgIpc) is 3.37. The molecule has 2 aromatic rings. The molecule has 160 valence electrons. The Labute approximate surface area is 182 Å². The molecule has 3 heterocycles. The smallest absolute Gasteiger partial charge is 0.323 e. The Hall–Kier alpha value is -2.38. The third-order valence-electron chi connectivity index (χ3n) is 6.59. The van der Waals surface area contributed by atoms with Gasteiger partial charge in [-0.3, -0.25) is 9.69 Å². The van der Waals surface area contributed by atoms with Crippen molar-refractivity contribution in [2.75, 3.05) is 38.1 Å². The van der Waals surface area contributed by atoms with E-state index in [-0.39, 0.29) is 17.4 Å². The van der Waals surface area contributed by atoms with E-state index in [9.17, 15) is 9.59 Å². The van der Waals surface area contributed by atoms with Crippen molar-refractivity contribution in [2.24, 2.45) is 5.41 Å². The van der Waals surface area contributed by atoms with E-state index in [1.54, 1.807) is 19.4 Å². The molecule has 0 radical (unpaired) electrons. The van der Waals surface area contributed by atoms with Crippen LogP contribution in [0, 0.1) is 5.41 Å². The van der Waals surface area contributed by atoms with Gasteiger partial charge in [-0.2, -0.15) is 9.78 Å². The fourth-order valence-electron chi connectivity index (χ4n) is 4.53. The lowest BCUT2D eigenvalue weighted by Crippen LogP contribution is -2.45. The first kappa shape index (κ1) is 20.9. The molecular formula is C22H28ClN5O2. The zero-order valence-electron chi connectivity index (χ0n) is 17.6. The van der Waals surface area contributed by atoms with Crippen LogP contribution in [0.15, 0.2) is 36.7 Å². The molecule has 1 aromatic heterocycles. The first-order valence-corrected chi connectivity index (χ1v) is 10.8. The van der Waals surface area contributed by atoms with E-state index in [2.05, 4.69) is 16.1 Å². The number of rotatable bonds is 3. The standard InChI is InChI=1S/C22H28ClN5O2/c1-17(29)25(2)19-13-24-28(15-19)21(30)27-11-8-22(9-12-27)7-10-26(16-22)14-18-5-3-4-6-20(18)23/h3-6,13,15H,7-12,14,16H2,1-2H3. The van der Waals surface area contributed by atoms with Crippen molar-refractivity contribution in [1.82, 2.24) is 19.6 Å². The van der Waals surface area contributed by atoms with Crippen LogP contribution < -0.4 is 4.90 Å². The van der Waals surface area contributed by atoms with Crippen LogP contribution in [0.3, 0.4) is 0 Å². The molecule has 30 heavy (non-hydrogen) atoms. The highest BCUT2D eigenvalue weighted by atomic mass is 35.5. The van der Waals surface area contributed by atoms with E-state index in [1.807, 2.05) is 23.1 Å². The molecule has 0 saturated carbocycles. The van der Waals surface area contributed by atoms with E-state index in [1.165, 1.54) is 22.1 Å². The minimum absolute atomic E-state index is 0.0931. The van der Waals surface area contributed by atoms with Crippen LogP contribution in [0.2, 0.25) is 5.02 Å². The van der Waals surface area contributed by atoms with Gasteiger partial charge in [0.25, 0.3) is 0 Å². The molecule has 4 rings (SSSR count). The van der Waals surface area contributed by atoms with Crippen molar-refractivity contribution in [1.29, 1.82) is 0 Å². The largest absolute Gasteiger partial charge is 0.344 e. The minimum atomic E-state index is -0.126. The second kappa shape index (κ2) is 8.40. The fraction of sp³-hybridized carbons (Fsp3) is 0.500. The molecule has 0 aliphatic carbocycles. The quantitative estimate of drug-likeness (QED) is 0.749. The van der Waals surface area contributed by atoms with Crippen molar-refractivity contribution in [3.05, 3.63) is 47.2 Å². The number of aromatic nitrogens is 2. The van der Waals surface area contributed by atoms with Gasteiger partial charge in [-0.1, -0.05) is 29.8 Å². The molecule has 2 saturated heterocycles. The second-order valence-electron chi connectivity index (χ2n) is 8.54. The van der Waals surface area contributed by atoms with Crippen molar-refractivity contribution in [3.8, 4) is 0 Å². The molecule has 0 atom stereocenters. The summed E-state index contributed by atoms with van der Waals surface area (Å²) in [4.78, 5) is 30.2. The highest BCUT2D eigenvalue weighted by Crippen LogP contribution is 2.41. The van der Waals surface area contributed by atoms with Gasteiger partial charge in [-0.15, -0.1) is 0 Å². The van der Waals surface area contributed by atoms with Gasteiger partial charge in [0.1, 0.15) is 0 Å². The minimum Gasteiger partial charge on any atom is -0.323 e. The summed E-state index contributed by atoms with van der Waals surface area (Å²) in [6.07, 6.45) is 6.33. The number of anilines is 1. The number of amides is 2. The normalized spacial score (nSPS) is 18.7. The lowest BCUT2D eigenvalue weighted by molar-refractivity contribution is -0.116. The predicted molar refractivity (Wildman–Crippen MR) is 117 cm³/mol. The molecule has 2 aliphatic heterocycles. The van der Waals surface area contributed by atoms with Crippen LogP contribution in [0.4, 0.5) is 10.5 Å². The summed E-state index contributed by atoms with van der Waals surface area (Å²) in [6.45, 7) is 5.95. The molecule has 2 fully saturated rings. The Bertz CT molecular complexity index is 935. The second-order valence-corrected chi connectivity index (χ2v) is 8.95. The highest BCUT2D eigenvalue weighted by molar-refractivity contribution is 6.31. The Morgan fingerprint density at radius 1 is 1.17 bits per heavy atom. The van der Waals surface area contributed by atoms with E-state index in [4.69, 9.17) is 11.6 Å². The first-order chi connectivity index (χ1) is 14.4. The van der Waals surface area contributed by atoms with E-state index < -0.39 is 0 Å². The molecule has 1 spiro atoms. The lowest BCUT2D eigenvalue weighted by atomic mass is 9.78. The van der Waals surface area contributed by atoms with Crippen LogP contribution in [-0.4, -0.2) is 64.7 Å². The van der Waals surface area contributed by atoms with Gasteiger partial charge in [0.15, 0.2) is 0 Å². The van der Waals surface area contributed by atoms with E-state index in [0.29, 0.717) is 5.69 Å². The third kappa shape index (κ3) is 4.23.